The first-order valence-corrected chi connectivity index (χ1v) is 11.4. The minimum atomic E-state index is -0.139. The summed E-state index contributed by atoms with van der Waals surface area (Å²) in [7, 11) is 0. The molecular formula is C22H25N3O3S. The standard InChI is InChI=1S/C22H25N3O3S/c1-13(26)17-2-4-18(5-3-17)23-19(27)12-29-21-25-24-20(28-21)22-9-14-6-15(10-22)8-16(7-14)11-22/h2-5,14-16H,6-12H2,1H3,(H,23,27). The number of amides is 1. The van der Waals surface area contributed by atoms with Gasteiger partial charge in [0.25, 0.3) is 5.22 Å². The second-order valence-corrected chi connectivity index (χ2v) is 9.97. The molecule has 0 unspecified atom stereocenters. The summed E-state index contributed by atoms with van der Waals surface area (Å²) < 4.78 is 6.03. The largest absolute Gasteiger partial charge is 0.415 e. The fourth-order valence-corrected chi connectivity index (χ4v) is 6.53. The Kier molecular flexibility index (Phi) is 4.73. The Balaban J connectivity index is 1.19. The zero-order valence-corrected chi connectivity index (χ0v) is 17.3. The number of aromatic nitrogens is 2. The number of hydrogen-bond donors (Lipinski definition) is 1. The summed E-state index contributed by atoms with van der Waals surface area (Å²) in [6, 6.07) is 6.88. The third kappa shape index (κ3) is 3.72. The molecule has 1 N–H and O–H groups in total. The molecule has 4 saturated carbocycles. The van der Waals surface area contributed by atoms with Crippen LogP contribution in [0.2, 0.25) is 0 Å². The van der Waals surface area contributed by atoms with Crippen LogP contribution in [0.5, 0.6) is 0 Å². The summed E-state index contributed by atoms with van der Waals surface area (Å²) in [6.07, 6.45) is 7.68. The molecule has 29 heavy (non-hydrogen) atoms. The molecule has 4 bridgehead atoms. The van der Waals surface area contributed by atoms with Gasteiger partial charge in [0.1, 0.15) is 0 Å². The van der Waals surface area contributed by atoms with Crippen LogP contribution in [-0.2, 0) is 10.2 Å². The van der Waals surface area contributed by atoms with E-state index in [1.165, 1.54) is 57.2 Å². The lowest BCUT2D eigenvalue weighted by Gasteiger charge is -2.55. The zero-order valence-electron chi connectivity index (χ0n) is 16.5. The van der Waals surface area contributed by atoms with Crippen molar-refractivity contribution in [1.29, 1.82) is 0 Å². The summed E-state index contributed by atoms with van der Waals surface area (Å²) in [5.74, 6) is 3.33. The fraction of sp³-hybridized carbons (Fsp3) is 0.545. The smallest absolute Gasteiger partial charge is 0.277 e. The highest BCUT2D eigenvalue weighted by atomic mass is 32.2. The number of benzene rings is 1. The van der Waals surface area contributed by atoms with Gasteiger partial charge in [-0.1, -0.05) is 11.8 Å². The second kappa shape index (κ2) is 7.27. The summed E-state index contributed by atoms with van der Waals surface area (Å²) in [5, 5.41) is 11.9. The Morgan fingerprint density at radius 3 is 2.28 bits per heavy atom. The predicted octanol–water partition coefficient (Wildman–Crippen LogP) is 4.47. The Labute approximate surface area is 174 Å². The SMILES string of the molecule is CC(=O)c1ccc(NC(=O)CSc2nnc(C34CC5CC(CC(C5)C3)C4)o2)cc1. The van der Waals surface area contributed by atoms with Crippen molar-refractivity contribution in [2.75, 3.05) is 11.1 Å². The van der Waals surface area contributed by atoms with E-state index in [-0.39, 0.29) is 22.9 Å². The molecule has 4 aliphatic carbocycles. The Hall–Kier alpha value is -2.15. The number of ketones is 1. The van der Waals surface area contributed by atoms with Gasteiger partial charge in [-0.15, -0.1) is 10.2 Å². The van der Waals surface area contributed by atoms with Crippen molar-refractivity contribution in [2.24, 2.45) is 17.8 Å². The van der Waals surface area contributed by atoms with E-state index in [4.69, 9.17) is 4.42 Å². The maximum absolute atomic E-state index is 12.2. The van der Waals surface area contributed by atoms with Crippen molar-refractivity contribution in [3.8, 4) is 0 Å². The lowest BCUT2D eigenvalue weighted by atomic mass is 9.49. The van der Waals surface area contributed by atoms with Gasteiger partial charge in [0, 0.05) is 16.7 Å². The number of Topliss-reactive ketones (excluding diaryl/α,β-unsaturated/α-hetero) is 1. The van der Waals surface area contributed by atoms with Gasteiger partial charge >= 0.3 is 0 Å². The number of rotatable bonds is 6. The highest BCUT2D eigenvalue weighted by Crippen LogP contribution is 2.60. The number of hydrogen-bond acceptors (Lipinski definition) is 6. The van der Waals surface area contributed by atoms with Gasteiger partial charge < -0.3 is 9.73 Å². The Bertz CT molecular complexity index is 902. The number of carbonyl (C=O) groups excluding carboxylic acids is 2. The topological polar surface area (TPSA) is 85.1 Å². The van der Waals surface area contributed by atoms with Crippen molar-refractivity contribution in [2.45, 2.75) is 56.1 Å². The van der Waals surface area contributed by atoms with Crippen LogP contribution in [0.4, 0.5) is 5.69 Å². The first-order chi connectivity index (χ1) is 14.0. The molecule has 0 saturated heterocycles. The molecule has 4 fully saturated rings. The van der Waals surface area contributed by atoms with E-state index in [1.54, 1.807) is 24.3 Å². The third-order valence-corrected chi connectivity index (χ3v) is 7.62. The first-order valence-electron chi connectivity index (χ1n) is 10.4. The molecule has 1 aromatic heterocycles. The van der Waals surface area contributed by atoms with Crippen molar-refractivity contribution < 1.29 is 14.0 Å². The molecular weight excluding hydrogens is 386 g/mol. The molecule has 0 spiro atoms. The molecule has 7 heteroatoms. The van der Waals surface area contributed by atoms with Crippen molar-refractivity contribution in [3.63, 3.8) is 0 Å². The predicted molar refractivity (Wildman–Crippen MR) is 110 cm³/mol. The quantitative estimate of drug-likeness (QED) is 0.558. The second-order valence-electron chi connectivity index (χ2n) is 9.04. The Morgan fingerprint density at radius 2 is 1.69 bits per heavy atom. The van der Waals surface area contributed by atoms with Crippen molar-refractivity contribution >= 4 is 29.1 Å². The molecule has 1 amide bonds. The monoisotopic (exact) mass is 411 g/mol. The average molecular weight is 412 g/mol. The van der Waals surface area contributed by atoms with Crippen molar-refractivity contribution in [3.05, 3.63) is 35.7 Å². The summed E-state index contributed by atoms with van der Waals surface area (Å²) >= 11 is 1.27. The third-order valence-electron chi connectivity index (χ3n) is 6.80. The molecule has 6 rings (SSSR count). The van der Waals surface area contributed by atoms with Crippen LogP contribution in [0.25, 0.3) is 0 Å². The average Bonchev–Trinajstić information content (AvgIpc) is 3.16. The molecule has 152 valence electrons. The van der Waals surface area contributed by atoms with Crippen LogP contribution in [0.15, 0.2) is 33.9 Å². The summed E-state index contributed by atoms with van der Waals surface area (Å²) in [6.45, 7) is 1.52. The van der Waals surface area contributed by atoms with Crippen LogP contribution in [-0.4, -0.2) is 27.6 Å². The van der Waals surface area contributed by atoms with Gasteiger partial charge in [0.05, 0.1) is 5.75 Å². The number of anilines is 1. The Morgan fingerprint density at radius 1 is 1.07 bits per heavy atom. The van der Waals surface area contributed by atoms with Gasteiger partial charge in [-0.2, -0.15) is 0 Å². The van der Waals surface area contributed by atoms with Crippen LogP contribution in [0.3, 0.4) is 0 Å². The molecule has 1 heterocycles. The molecule has 0 aliphatic heterocycles. The maximum Gasteiger partial charge on any atom is 0.277 e. The molecule has 0 atom stereocenters. The summed E-state index contributed by atoms with van der Waals surface area (Å²) in [4.78, 5) is 23.6. The summed E-state index contributed by atoms with van der Waals surface area (Å²) in [5.41, 5.74) is 1.38. The number of nitrogens with one attached hydrogen (secondary N) is 1. The van der Waals surface area contributed by atoms with Gasteiger partial charge in [-0.25, -0.2) is 0 Å². The van der Waals surface area contributed by atoms with E-state index in [1.807, 2.05) is 0 Å². The number of carbonyl (C=O) groups is 2. The molecule has 4 aliphatic rings. The van der Waals surface area contributed by atoms with E-state index in [2.05, 4.69) is 15.5 Å². The van der Waals surface area contributed by atoms with E-state index in [0.717, 1.165) is 23.6 Å². The minimum absolute atomic E-state index is 0.00431. The van der Waals surface area contributed by atoms with E-state index < -0.39 is 0 Å². The minimum Gasteiger partial charge on any atom is -0.415 e. The van der Waals surface area contributed by atoms with Crippen molar-refractivity contribution in [1.82, 2.24) is 10.2 Å². The molecule has 1 aromatic carbocycles. The van der Waals surface area contributed by atoms with E-state index >= 15 is 0 Å². The maximum atomic E-state index is 12.2. The zero-order chi connectivity index (χ0) is 20.0. The number of nitrogens with zero attached hydrogens (tertiary/aromatic N) is 2. The van der Waals surface area contributed by atoms with Crippen LogP contribution in [0.1, 0.15) is 61.7 Å². The van der Waals surface area contributed by atoms with Crippen LogP contribution >= 0.6 is 11.8 Å². The van der Waals surface area contributed by atoms with Crippen LogP contribution in [0, 0.1) is 17.8 Å². The van der Waals surface area contributed by atoms with Crippen LogP contribution < -0.4 is 5.32 Å². The van der Waals surface area contributed by atoms with Gasteiger partial charge in [0.2, 0.25) is 11.8 Å². The van der Waals surface area contributed by atoms with Gasteiger partial charge in [0.15, 0.2) is 5.78 Å². The lowest BCUT2D eigenvalue weighted by Crippen LogP contribution is -2.48. The number of thioether (sulfide) groups is 1. The van der Waals surface area contributed by atoms with Gasteiger partial charge in [-0.05, 0) is 87.5 Å². The molecule has 2 aromatic rings. The fourth-order valence-electron chi connectivity index (χ4n) is 5.97. The van der Waals surface area contributed by atoms with E-state index in [9.17, 15) is 9.59 Å². The molecule has 0 radical (unpaired) electrons. The van der Waals surface area contributed by atoms with E-state index in [0.29, 0.717) is 16.5 Å². The highest BCUT2D eigenvalue weighted by Gasteiger charge is 2.54. The normalized spacial score (nSPS) is 29.8. The first kappa shape index (κ1) is 18.9. The lowest BCUT2D eigenvalue weighted by molar-refractivity contribution is -0.113. The molecule has 6 nitrogen and oxygen atoms in total. The van der Waals surface area contributed by atoms with Gasteiger partial charge in [-0.3, -0.25) is 9.59 Å². The highest BCUT2D eigenvalue weighted by molar-refractivity contribution is 7.99.